The molecule has 0 amide bonds. The second-order valence-corrected chi connectivity index (χ2v) is 7.23. The lowest BCUT2D eigenvalue weighted by molar-refractivity contribution is 0.397. The van der Waals surface area contributed by atoms with Crippen molar-refractivity contribution in [1.29, 1.82) is 0 Å². The van der Waals surface area contributed by atoms with Crippen LogP contribution in [0.3, 0.4) is 0 Å². The van der Waals surface area contributed by atoms with Crippen molar-refractivity contribution in [3.63, 3.8) is 0 Å². The van der Waals surface area contributed by atoms with E-state index in [1.807, 2.05) is 0 Å². The summed E-state index contributed by atoms with van der Waals surface area (Å²) in [4.78, 5) is 12.3. The zero-order chi connectivity index (χ0) is 18.4. The fourth-order valence-corrected chi connectivity index (χ4v) is 3.50. The van der Waals surface area contributed by atoms with Gasteiger partial charge in [-0.2, -0.15) is 0 Å². The van der Waals surface area contributed by atoms with Crippen LogP contribution >= 0.6 is 10.8 Å². The molecule has 8 heteroatoms. The minimum Gasteiger partial charge on any atom is -0.495 e. The smallest absolute Gasteiger partial charge is 0.258 e. The third-order valence-electron chi connectivity index (χ3n) is 3.94. The van der Waals surface area contributed by atoms with Gasteiger partial charge in [0.15, 0.2) is 0 Å². The van der Waals surface area contributed by atoms with Crippen molar-refractivity contribution in [3.05, 3.63) is 58.8 Å². The standard InChI is InChI=1S/C17H17FN2O4S/c1-20-9-14(12-5-4-11(18)8-13(12)17(20)21)10-3-6-15(24-2)16(7-10)25(19,22)23/h3-9,22-23H,19H2,1-2H3. The Balaban J connectivity index is 2.34. The molecule has 0 aliphatic heterocycles. The average molecular weight is 364 g/mol. The van der Waals surface area contributed by atoms with Gasteiger partial charge in [0.25, 0.3) is 5.56 Å². The van der Waals surface area contributed by atoms with Gasteiger partial charge in [-0.3, -0.25) is 13.9 Å². The van der Waals surface area contributed by atoms with Crippen LogP contribution in [-0.2, 0) is 7.05 Å². The van der Waals surface area contributed by atoms with Gasteiger partial charge in [0.05, 0.1) is 12.5 Å². The Morgan fingerprint density at radius 3 is 2.52 bits per heavy atom. The summed E-state index contributed by atoms with van der Waals surface area (Å²) in [5, 5.41) is 6.26. The van der Waals surface area contributed by atoms with Crippen molar-refractivity contribution >= 4 is 21.5 Å². The van der Waals surface area contributed by atoms with E-state index in [1.54, 1.807) is 25.4 Å². The molecule has 6 nitrogen and oxygen atoms in total. The molecule has 132 valence electrons. The highest BCUT2D eigenvalue weighted by molar-refractivity contribution is 8.22. The lowest BCUT2D eigenvalue weighted by atomic mass is 10.0. The zero-order valence-corrected chi connectivity index (χ0v) is 14.4. The molecule has 0 aliphatic carbocycles. The van der Waals surface area contributed by atoms with Gasteiger partial charge >= 0.3 is 0 Å². The summed E-state index contributed by atoms with van der Waals surface area (Å²) in [5.41, 5.74) is 0.896. The Hall–Kier alpha value is -2.39. The van der Waals surface area contributed by atoms with E-state index in [-0.39, 0.29) is 21.6 Å². The lowest BCUT2D eigenvalue weighted by Crippen LogP contribution is -2.16. The van der Waals surface area contributed by atoms with Crippen LogP contribution in [0.4, 0.5) is 4.39 Å². The number of aromatic nitrogens is 1. The number of hydrogen-bond donors (Lipinski definition) is 3. The molecule has 0 unspecified atom stereocenters. The van der Waals surface area contributed by atoms with Gasteiger partial charge < -0.3 is 9.30 Å². The Bertz CT molecular complexity index is 1030. The third-order valence-corrected chi connectivity index (χ3v) is 4.91. The molecule has 2 aromatic carbocycles. The van der Waals surface area contributed by atoms with E-state index in [0.29, 0.717) is 16.5 Å². The predicted molar refractivity (Wildman–Crippen MR) is 96.4 cm³/mol. The molecule has 0 atom stereocenters. The number of pyridine rings is 1. The monoisotopic (exact) mass is 364 g/mol. The van der Waals surface area contributed by atoms with Crippen LogP contribution in [-0.4, -0.2) is 20.8 Å². The molecule has 0 bridgehead atoms. The van der Waals surface area contributed by atoms with Crippen LogP contribution in [0.15, 0.2) is 52.3 Å². The molecule has 3 rings (SSSR count). The van der Waals surface area contributed by atoms with E-state index in [4.69, 9.17) is 9.88 Å². The fraction of sp³-hybridized carbons (Fsp3) is 0.118. The minimum atomic E-state index is -3.51. The Kier molecular flexibility index (Phi) is 4.29. The number of nitrogens with two attached hydrogens (primary N) is 1. The molecule has 25 heavy (non-hydrogen) atoms. The minimum absolute atomic E-state index is 0.0524. The second-order valence-electron chi connectivity index (χ2n) is 5.61. The van der Waals surface area contributed by atoms with Crippen molar-refractivity contribution in [2.75, 3.05) is 7.11 Å². The molecule has 0 fully saturated rings. The predicted octanol–water partition coefficient (Wildman–Crippen LogP) is 3.34. The van der Waals surface area contributed by atoms with Crippen LogP contribution in [0.1, 0.15) is 0 Å². The second kappa shape index (κ2) is 6.16. The summed E-state index contributed by atoms with van der Waals surface area (Å²) < 4.78 is 39.7. The van der Waals surface area contributed by atoms with E-state index in [1.165, 1.54) is 35.9 Å². The molecular weight excluding hydrogens is 347 g/mol. The largest absolute Gasteiger partial charge is 0.495 e. The Labute approximate surface area is 144 Å². The van der Waals surface area contributed by atoms with Crippen LogP contribution in [0.2, 0.25) is 0 Å². The number of hydrogen-bond acceptors (Lipinski definition) is 5. The highest BCUT2D eigenvalue weighted by atomic mass is 32.3. The summed E-state index contributed by atoms with van der Waals surface area (Å²) in [7, 11) is -0.544. The number of benzene rings is 2. The van der Waals surface area contributed by atoms with Gasteiger partial charge in [0.2, 0.25) is 0 Å². The van der Waals surface area contributed by atoms with E-state index >= 15 is 0 Å². The number of methoxy groups -OCH3 is 1. The van der Waals surface area contributed by atoms with Crippen molar-refractivity contribution in [1.82, 2.24) is 4.57 Å². The van der Waals surface area contributed by atoms with E-state index in [2.05, 4.69) is 0 Å². The van der Waals surface area contributed by atoms with Crippen molar-refractivity contribution in [2.24, 2.45) is 12.2 Å². The van der Waals surface area contributed by atoms with Gasteiger partial charge in [-0.1, -0.05) is 12.1 Å². The quantitative estimate of drug-likeness (QED) is 0.662. The van der Waals surface area contributed by atoms with E-state index in [9.17, 15) is 18.3 Å². The first-order valence-electron chi connectivity index (χ1n) is 7.25. The average Bonchev–Trinajstić information content (AvgIpc) is 2.57. The number of ether oxygens (including phenoxy) is 1. The normalized spacial score (nSPS) is 12.4. The summed E-state index contributed by atoms with van der Waals surface area (Å²) in [6, 6.07) is 8.74. The van der Waals surface area contributed by atoms with E-state index < -0.39 is 16.6 Å². The van der Waals surface area contributed by atoms with Gasteiger partial charge in [0, 0.05) is 18.8 Å². The summed E-state index contributed by atoms with van der Waals surface area (Å²) in [6.45, 7) is 0. The van der Waals surface area contributed by atoms with Gasteiger partial charge in [0.1, 0.15) is 16.5 Å². The lowest BCUT2D eigenvalue weighted by Gasteiger charge is -2.28. The molecular formula is C17H17FN2O4S. The highest BCUT2D eigenvalue weighted by Crippen LogP contribution is 2.47. The molecule has 0 saturated carbocycles. The summed E-state index contributed by atoms with van der Waals surface area (Å²) >= 11 is 0. The molecule has 1 aromatic heterocycles. The maximum absolute atomic E-state index is 13.6. The molecule has 1 heterocycles. The van der Waals surface area contributed by atoms with E-state index in [0.717, 1.165) is 0 Å². The van der Waals surface area contributed by atoms with Gasteiger partial charge in [-0.15, -0.1) is 10.8 Å². The number of rotatable bonds is 3. The molecule has 3 aromatic rings. The molecule has 0 aliphatic rings. The molecule has 4 N–H and O–H groups in total. The van der Waals surface area contributed by atoms with Crippen LogP contribution < -0.4 is 15.4 Å². The van der Waals surface area contributed by atoms with Crippen LogP contribution in [0.25, 0.3) is 21.9 Å². The topological polar surface area (TPSA) is 97.7 Å². The van der Waals surface area contributed by atoms with Crippen LogP contribution in [0, 0.1) is 5.82 Å². The van der Waals surface area contributed by atoms with Crippen LogP contribution in [0.5, 0.6) is 5.75 Å². The van der Waals surface area contributed by atoms with Crippen molar-refractivity contribution in [3.8, 4) is 16.9 Å². The Morgan fingerprint density at radius 2 is 1.88 bits per heavy atom. The number of fused-ring (bicyclic) bond motifs is 1. The maximum atomic E-state index is 13.6. The number of halogens is 1. The first-order chi connectivity index (χ1) is 11.7. The maximum Gasteiger partial charge on any atom is 0.258 e. The SMILES string of the molecule is COc1ccc(-c2cn(C)c(=O)c3cc(F)ccc23)cc1S(N)(O)O. The van der Waals surface area contributed by atoms with Gasteiger partial charge in [-0.25, -0.2) is 9.53 Å². The summed E-state index contributed by atoms with van der Waals surface area (Å²) in [6.07, 6.45) is 1.61. The molecule has 0 spiro atoms. The molecule has 0 radical (unpaired) electrons. The van der Waals surface area contributed by atoms with Crippen molar-refractivity contribution < 1.29 is 18.2 Å². The summed E-state index contributed by atoms with van der Waals surface area (Å²) in [5.74, 6) is -0.264. The van der Waals surface area contributed by atoms with Crippen molar-refractivity contribution in [2.45, 2.75) is 4.90 Å². The Morgan fingerprint density at radius 1 is 1.16 bits per heavy atom. The fourth-order valence-electron chi connectivity index (χ4n) is 2.75. The number of nitrogens with zero attached hydrogens (tertiary/aromatic N) is 1. The van der Waals surface area contributed by atoms with Gasteiger partial charge in [-0.05, 0) is 35.2 Å². The molecule has 0 saturated heterocycles. The first-order valence-corrected chi connectivity index (χ1v) is 8.86. The number of aryl methyl sites for hydroxylation is 1. The third kappa shape index (κ3) is 3.12. The zero-order valence-electron chi connectivity index (χ0n) is 13.6. The highest BCUT2D eigenvalue weighted by Gasteiger charge is 2.18. The first kappa shape index (κ1) is 17.4.